The van der Waals surface area contributed by atoms with Gasteiger partial charge >= 0.3 is 0 Å². The van der Waals surface area contributed by atoms with Crippen molar-refractivity contribution >= 4 is 22.4 Å². The molecule has 4 nitrogen and oxygen atoms in total. The summed E-state index contributed by atoms with van der Waals surface area (Å²) >= 11 is 1.66. The fraction of sp³-hybridized carbons (Fsp3) is 0.692. The number of hydrogen-bond acceptors (Lipinski definition) is 4. The second-order valence-corrected chi connectivity index (χ2v) is 6.21. The van der Waals surface area contributed by atoms with Crippen molar-refractivity contribution in [1.29, 1.82) is 0 Å². The summed E-state index contributed by atoms with van der Waals surface area (Å²) in [5.74, 6) is 0.0861. The molecule has 98 valence electrons. The number of anilines is 1. The number of hydrogen-bond donors (Lipinski definition) is 1. The minimum Gasteiger partial charge on any atom is -0.301 e. The highest BCUT2D eigenvalue weighted by Gasteiger charge is 2.18. The molecule has 1 N–H and O–H groups in total. The molecule has 0 bridgehead atoms. The highest BCUT2D eigenvalue weighted by atomic mass is 32.1. The number of aromatic nitrogens is 1. The molecular weight excluding hydrogens is 246 g/mol. The maximum atomic E-state index is 11.9. The van der Waals surface area contributed by atoms with E-state index in [4.69, 9.17) is 0 Å². The lowest BCUT2D eigenvalue weighted by molar-refractivity contribution is -0.117. The zero-order chi connectivity index (χ0) is 12.4. The maximum absolute atomic E-state index is 11.9. The van der Waals surface area contributed by atoms with Crippen LogP contribution in [0.2, 0.25) is 0 Å². The molecule has 0 unspecified atom stereocenters. The molecule has 2 aliphatic rings. The predicted molar refractivity (Wildman–Crippen MR) is 73.1 cm³/mol. The van der Waals surface area contributed by atoms with Crippen molar-refractivity contribution < 1.29 is 4.79 Å². The van der Waals surface area contributed by atoms with Crippen LogP contribution < -0.4 is 5.32 Å². The molecule has 1 aliphatic carbocycles. The number of aryl methyl sites for hydroxylation is 2. The van der Waals surface area contributed by atoms with E-state index in [9.17, 15) is 4.79 Å². The summed E-state index contributed by atoms with van der Waals surface area (Å²) in [7, 11) is 0. The second-order valence-electron chi connectivity index (χ2n) is 5.13. The van der Waals surface area contributed by atoms with Gasteiger partial charge in [0.2, 0.25) is 5.91 Å². The molecule has 1 saturated heterocycles. The number of nitrogens with zero attached hydrogens (tertiary/aromatic N) is 2. The highest BCUT2D eigenvalue weighted by molar-refractivity contribution is 7.15. The van der Waals surface area contributed by atoms with Crippen LogP contribution >= 0.6 is 11.3 Å². The molecule has 0 aromatic carbocycles. The van der Waals surface area contributed by atoms with Gasteiger partial charge in [-0.05, 0) is 51.6 Å². The first-order valence-corrected chi connectivity index (χ1v) is 7.64. The van der Waals surface area contributed by atoms with E-state index in [-0.39, 0.29) is 5.91 Å². The predicted octanol–water partition coefficient (Wildman–Crippen LogP) is 2.06. The maximum Gasteiger partial charge on any atom is 0.240 e. The Labute approximate surface area is 111 Å². The topological polar surface area (TPSA) is 45.2 Å². The number of thiazole rings is 1. The molecule has 2 heterocycles. The van der Waals surface area contributed by atoms with Gasteiger partial charge in [0, 0.05) is 4.88 Å². The number of carbonyl (C=O) groups is 1. The Balaban J connectivity index is 1.58. The largest absolute Gasteiger partial charge is 0.301 e. The van der Waals surface area contributed by atoms with Crippen molar-refractivity contribution in [2.75, 3.05) is 25.0 Å². The van der Waals surface area contributed by atoms with Crippen LogP contribution in [-0.2, 0) is 17.6 Å². The van der Waals surface area contributed by atoms with Crippen molar-refractivity contribution in [3.05, 3.63) is 10.6 Å². The molecule has 5 heteroatoms. The summed E-state index contributed by atoms with van der Waals surface area (Å²) in [6.07, 6.45) is 7.15. The first-order valence-electron chi connectivity index (χ1n) is 6.82. The van der Waals surface area contributed by atoms with Crippen LogP contribution in [0.4, 0.5) is 5.13 Å². The first-order chi connectivity index (χ1) is 8.81. The van der Waals surface area contributed by atoms with Gasteiger partial charge in [0.1, 0.15) is 0 Å². The highest BCUT2D eigenvalue weighted by Crippen LogP contribution is 2.29. The van der Waals surface area contributed by atoms with Gasteiger partial charge in [-0.15, -0.1) is 11.3 Å². The lowest BCUT2D eigenvalue weighted by atomic mass is 10.0. The average molecular weight is 265 g/mol. The second kappa shape index (κ2) is 5.36. The number of fused-ring (bicyclic) bond motifs is 1. The van der Waals surface area contributed by atoms with Crippen LogP contribution in [0.15, 0.2) is 0 Å². The molecule has 3 rings (SSSR count). The molecule has 1 amide bonds. The Morgan fingerprint density at radius 1 is 1.22 bits per heavy atom. The summed E-state index contributed by atoms with van der Waals surface area (Å²) in [5.41, 5.74) is 1.21. The third-order valence-corrected chi connectivity index (χ3v) is 4.73. The van der Waals surface area contributed by atoms with E-state index in [1.807, 2.05) is 0 Å². The molecular formula is C13H19N3OS. The van der Waals surface area contributed by atoms with E-state index < -0.39 is 0 Å². The van der Waals surface area contributed by atoms with Crippen molar-refractivity contribution in [2.45, 2.75) is 38.5 Å². The van der Waals surface area contributed by atoms with E-state index in [1.165, 1.54) is 36.3 Å². The minimum absolute atomic E-state index is 0.0861. The Morgan fingerprint density at radius 3 is 2.78 bits per heavy atom. The summed E-state index contributed by atoms with van der Waals surface area (Å²) in [4.78, 5) is 20.0. The third-order valence-electron chi connectivity index (χ3n) is 3.66. The molecule has 0 saturated carbocycles. The van der Waals surface area contributed by atoms with E-state index in [1.54, 1.807) is 11.3 Å². The van der Waals surface area contributed by atoms with Crippen LogP contribution in [0.3, 0.4) is 0 Å². The summed E-state index contributed by atoms with van der Waals surface area (Å²) < 4.78 is 0. The molecule has 18 heavy (non-hydrogen) atoms. The fourth-order valence-corrected chi connectivity index (χ4v) is 3.77. The van der Waals surface area contributed by atoms with Crippen molar-refractivity contribution in [1.82, 2.24) is 9.88 Å². The van der Waals surface area contributed by atoms with Crippen molar-refractivity contribution in [3.8, 4) is 0 Å². The number of carbonyl (C=O) groups excluding carboxylic acids is 1. The standard InChI is InChI=1S/C13H19N3OS/c17-12(9-16-7-3-4-8-16)15-13-14-10-5-1-2-6-11(10)18-13/h1-9H2,(H,14,15,17). The number of rotatable bonds is 3. The molecule has 1 aromatic rings. The van der Waals surface area contributed by atoms with Crippen LogP contribution in [0, 0.1) is 0 Å². The van der Waals surface area contributed by atoms with Gasteiger partial charge in [0.25, 0.3) is 0 Å². The van der Waals surface area contributed by atoms with Gasteiger partial charge < -0.3 is 5.32 Å². The third kappa shape index (κ3) is 2.72. The van der Waals surface area contributed by atoms with Crippen molar-refractivity contribution in [3.63, 3.8) is 0 Å². The van der Waals surface area contributed by atoms with Gasteiger partial charge in [-0.3, -0.25) is 9.69 Å². The summed E-state index contributed by atoms with van der Waals surface area (Å²) in [5, 5.41) is 3.75. The fourth-order valence-electron chi connectivity index (χ4n) is 2.71. The lowest BCUT2D eigenvalue weighted by Crippen LogP contribution is -2.30. The molecule has 1 aliphatic heterocycles. The number of amides is 1. The zero-order valence-electron chi connectivity index (χ0n) is 10.6. The lowest BCUT2D eigenvalue weighted by Gasteiger charge is -2.12. The van der Waals surface area contributed by atoms with E-state index in [0.29, 0.717) is 6.54 Å². The van der Waals surface area contributed by atoms with Gasteiger partial charge in [0.15, 0.2) is 5.13 Å². The number of nitrogens with one attached hydrogen (secondary N) is 1. The summed E-state index contributed by atoms with van der Waals surface area (Å²) in [6, 6.07) is 0. The van der Waals surface area contributed by atoms with E-state index in [0.717, 1.165) is 31.1 Å². The molecule has 0 radical (unpaired) electrons. The van der Waals surface area contributed by atoms with Crippen LogP contribution in [0.5, 0.6) is 0 Å². The van der Waals surface area contributed by atoms with Crippen molar-refractivity contribution in [2.24, 2.45) is 0 Å². The molecule has 1 aromatic heterocycles. The summed E-state index contributed by atoms with van der Waals surface area (Å²) in [6.45, 7) is 2.63. The van der Waals surface area contributed by atoms with Gasteiger partial charge in [-0.2, -0.15) is 0 Å². The van der Waals surface area contributed by atoms with E-state index in [2.05, 4.69) is 15.2 Å². The normalized spacial score (nSPS) is 19.8. The number of likely N-dealkylation sites (tertiary alicyclic amines) is 1. The smallest absolute Gasteiger partial charge is 0.240 e. The van der Waals surface area contributed by atoms with Crippen LogP contribution in [0.25, 0.3) is 0 Å². The monoisotopic (exact) mass is 265 g/mol. The Bertz CT molecular complexity index is 414. The molecule has 0 spiro atoms. The Hall–Kier alpha value is -0.940. The Morgan fingerprint density at radius 2 is 2.00 bits per heavy atom. The van der Waals surface area contributed by atoms with Gasteiger partial charge in [-0.1, -0.05) is 0 Å². The molecule has 0 atom stereocenters. The van der Waals surface area contributed by atoms with Gasteiger partial charge in [-0.25, -0.2) is 4.98 Å². The van der Waals surface area contributed by atoms with E-state index >= 15 is 0 Å². The van der Waals surface area contributed by atoms with Gasteiger partial charge in [0.05, 0.1) is 12.2 Å². The first kappa shape index (κ1) is 12.1. The van der Waals surface area contributed by atoms with Crippen LogP contribution in [-0.4, -0.2) is 35.4 Å². The quantitative estimate of drug-likeness (QED) is 0.910. The Kier molecular flexibility index (Phi) is 3.61. The zero-order valence-corrected chi connectivity index (χ0v) is 11.4. The molecule has 1 fully saturated rings. The SMILES string of the molecule is O=C(CN1CCCC1)Nc1nc2c(s1)CCCC2. The minimum atomic E-state index is 0.0861. The van der Waals surface area contributed by atoms with Crippen LogP contribution in [0.1, 0.15) is 36.3 Å². The average Bonchev–Trinajstić information content (AvgIpc) is 2.96.